The quantitative estimate of drug-likeness (QED) is 0.907. The number of nitrogens with zero attached hydrogens (tertiary/aromatic N) is 2. The van der Waals surface area contributed by atoms with Gasteiger partial charge in [0.1, 0.15) is 5.01 Å². The highest BCUT2D eigenvalue weighted by Crippen LogP contribution is 2.32. The van der Waals surface area contributed by atoms with Crippen LogP contribution in [0.3, 0.4) is 0 Å². The highest BCUT2D eigenvalue weighted by atomic mass is 32.2. The second kappa shape index (κ2) is 6.34. The predicted octanol–water partition coefficient (Wildman–Crippen LogP) is 2.59. The zero-order chi connectivity index (χ0) is 14.7. The normalized spacial score (nSPS) is 12.2. The first-order chi connectivity index (χ1) is 9.45. The van der Waals surface area contributed by atoms with Crippen LogP contribution < -0.4 is 11.1 Å². The molecule has 7 heteroatoms. The van der Waals surface area contributed by atoms with Crippen molar-refractivity contribution in [3.8, 4) is 0 Å². The van der Waals surface area contributed by atoms with Gasteiger partial charge in [0, 0.05) is 10.6 Å². The number of benzene rings is 1. The van der Waals surface area contributed by atoms with E-state index in [1.165, 1.54) is 0 Å². The van der Waals surface area contributed by atoms with E-state index in [4.69, 9.17) is 5.73 Å². The van der Waals surface area contributed by atoms with Crippen LogP contribution in [0.2, 0.25) is 0 Å². The molecular weight excluding hydrogens is 292 g/mol. The predicted molar refractivity (Wildman–Crippen MR) is 82.2 cm³/mol. The maximum absolute atomic E-state index is 11.6. The molecule has 0 aliphatic rings. The number of carbonyl (C=O) groups is 1. The zero-order valence-electron chi connectivity index (χ0n) is 11.5. The van der Waals surface area contributed by atoms with E-state index in [0.29, 0.717) is 0 Å². The van der Waals surface area contributed by atoms with Crippen molar-refractivity contribution >= 4 is 34.7 Å². The van der Waals surface area contributed by atoms with Gasteiger partial charge in [0.05, 0.1) is 6.04 Å². The van der Waals surface area contributed by atoms with Crippen LogP contribution in [0.1, 0.15) is 17.5 Å². The molecule has 5 nitrogen and oxygen atoms in total. The lowest BCUT2D eigenvalue weighted by Crippen LogP contribution is -2.32. The van der Waals surface area contributed by atoms with Gasteiger partial charge in [-0.05, 0) is 44.5 Å². The number of nitrogens with two attached hydrogens (primary N) is 1. The van der Waals surface area contributed by atoms with Crippen molar-refractivity contribution in [1.29, 1.82) is 0 Å². The summed E-state index contributed by atoms with van der Waals surface area (Å²) in [7, 11) is 0. The molecule has 20 heavy (non-hydrogen) atoms. The third-order valence-electron chi connectivity index (χ3n) is 2.58. The van der Waals surface area contributed by atoms with Crippen LogP contribution in [0, 0.1) is 13.8 Å². The van der Waals surface area contributed by atoms with Gasteiger partial charge in [-0.2, -0.15) is 0 Å². The Morgan fingerprint density at radius 3 is 2.70 bits per heavy atom. The third-order valence-corrected chi connectivity index (χ3v) is 4.46. The number of hydrogen-bond donors (Lipinski definition) is 2. The largest absolute Gasteiger partial charge is 0.325 e. The number of rotatable bonds is 4. The van der Waals surface area contributed by atoms with Crippen LogP contribution in [0.25, 0.3) is 0 Å². The minimum atomic E-state index is -0.521. The monoisotopic (exact) mass is 308 g/mol. The molecule has 1 atom stereocenters. The van der Waals surface area contributed by atoms with Crippen LogP contribution in [0.4, 0.5) is 5.69 Å². The fourth-order valence-corrected chi connectivity index (χ4v) is 3.40. The SMILES string of the molecule is Cc1nnc(Sc2ccc(NC(=O)[C@H](C)N)c(C)c2)s1. The standard InChI is InChI=1S/C13H16N4OS2/c1-7-6-10(20-13-17-16-9(3)19-13)4-5-11(7)15-12(18)8(2)14/h4-6,8H,14H2,1-3H3,(H,15,18)/t8-/m0/s1. The van der Waals surface area contributed by atoms with Crippen LogP contribution in [0.15, 0.2) is 27.4 Å². The number of nitrogens with one attached hydrogen (secondary N) is 1. The number of aryl methyl sites for hydroxylation is 2. The van der Waals surface area contributed by atoms with E-state index in [1.807, 2.05) is 32.0 Å². The fraction of sp³-hybridized carbons (Fsp3) is 0.308. The van der Waals surface area contributed by atoms with Crippen LogP contribution in [-0.4, -0.2) is 22.1 Å². The second-order valence-corrected chi connectivity index (χ2v) is 6.95. The molecule has 0 aliphatic carbocycles. The van der Waals surface area contributed by atoms with Gasteiger partial charge < -0.3 is 11.1 Å². The van der Waals surface area contributed by atoms with Gasteiger partial charge in [0.25, 0.3) is 0 Å². The van der Waals surface area contributed by atoms with Crippen molar-refractivity contribution in [3.05, 3.63) is 28.8 Å². The van der Waals surface area contributed by atoms with Crippen molar-refractivity contribution in [1.82, 2.24) is 10.2 Å². The lowest BCUT2D eigenvalue weighted by molar-refractivity contribution is -0.117. The van der Waals surface area contributed by atoms with Crippen LogP contribution in [0.5, 0.6) is 0 Å². The molecule has 1 aromatic carbocycles. The van der Waals surface area contributed by atoms with Gasteiger partial charge in [-0.25, -0.2) is 0 Å². The summed E-state index contributed by atoms with van der Waals surface area (Å²) in [6.07, 6.45) is 0. The van der Waals surface area contributed by atoms with E-state index < -0.39 is 6.04 Å². The molecule has 106 valence electrons. The topological polar surface area (TPSA) is 80.9 Å². The van der Waals surface area contributed by atoms with Crippen LogP contribution >= 0.6 is 23.1 Å². The summed E-state index contributed by atoms with van der Waals surface area (Å²) < 4.78 is 0.911. The summed E-state index contributed by atoms with van der Waals surface area (Å²) in [6.45, 7) is 5.54. The maximum Gasteiger partial charge on any atom is 0.241 e. The van der Waals surface area contributed by atoms with Crippen molar-refractivity contribution in [2.24, 2.45) is 5.73 Å². The molecule has 0 saturated carbocycles. The minimum absolute atomic E-state index is 0.187. The summed E-state index contributed by atoms with van der Waals surface area (Å²) in [5.41, 5.74) is 7.31. The average molecular weight is 308 g/mol. The lowest BCUT2D eigenvalue weighted by atomic mass is 10.2. The van der Waals surface area contributed by atoms with E-state index in [-0.39, 0.29) is 5.91 Å². The average Bonchev–Trinajstić information content (AvgIpc) is 2.78. The van der Waals surface area contributed by atoms with Gasteiger partial charge in [0.15, 0.2) is 4.34 Å². The molecule has 1 aromatic heterocycles. The summed E-state index contributed by atoms with van der Waals surface area (Å²) in [6, 6.07) is 5.32. The van der Waals surface area contributed by atoms with Gasteiger partial charge in [-0.1, -0.05) is 23.1 Å². The van der Waals surface area contributed by atoms with Crippen molar-refractivity contribution in [2.75, 3.05) is 5.32 Å². The molecule has 1 heterocycles. The molecule has 0 saturated heterocycles. The summed E-state index contributed by atoms with van der Waals surface area (Å²) in [5, 5.41) is 11.8. The first-order valence-corrected chi connectivity index (χ1v) is 7.74. The molecule has 1 amide bonds. The molecule has 0 fully saturated rings. The summed E-state index contributed by atoms with van der Waals surface area (Å²) in [5.74, 6) is -0.187. The summed E-state index contributed by atoms with van der Waals surface area (Å²) in [4.78, 5) is 12.7. The second-order valence-electron chi connectivity index (χ2n) is 4.44. The van der Waals surface area contributed by atoms with E-state index in [1.54, 1.807) is 30.0 Å². The number of amides is 1. The Balaban J connectivity index is 2.11. The van der Waals surface area contributed by atoms with E-state index >= 15 is 0 Å². The van der Waals surface area contributed by atoms with Crippen LogP contribution in [-0.2, 0) is 4.79 Å². The number of aromatic nitrogens is 2. The first-order valence-electron chi connectivity index (χ1n) is 6.11. The van der Waals surface area contributed by atoms with Crippen molar-refractivity contribution in [2.45, 2.75) is 36.0 Å². The van der Waals surface area contributed by atoms with E-state index in [2.05, 4.69) is 15.5 Å². The number of anilines is 1. The molecule has 0 unspecified atom stereocenters. The van der Waals surface area contributed by atoms with Crippen molar-refractivity contribution < 1.29 is 4.79 Å². The molecule has 0 bridgehead atoms. The zero-order valence-corrected chi connectivity index (χ0v) is 13.1. The Hall–Kier alpha value is -1.44. The third kappa shape index (κ3) is 3.78. The highest BCUT2D eigenvalue weighted by Gasteiger charge is 2.10. The molecule has 0 radical (unpaired) electrons. The van der Waals surface area contributed by atoms with Crippen molar-refractivity contribution in [3.63, 3.8) is 0 Å². The fourth-order valence-electron chi connectivity index (χ4n) is 1.51. The van der Waals surface area contributed by atoms with E-state index in [0.717, 1.165) is 25.5 Å². The molecular formula is C13H16N4OS2. The van der Waals surface area contributed by atoms with E-state index in [9.17, 15) is 4.79 Å². The van der Waals surface area contributed by atoms with Gasteiger partial charge in [-0.15, -0.1) is 10.2 Å². The smallest absolute Gasteiger partial charge is 0.241 e. The Bertz CT molecular complexity index is 625. The highest BCUT2D eigenvalue weighted by molar-refractivity contribution is 8.01. The lowest BCUT2D eigenvalue weighted by Gasteiger charge is -2.11. The Labute approximate surface area is 126 Å². The van der Waals surface area contributed by atoms with Gasteiger partial charge in [0.2, 0.25) is 5.91 Å². The molecule has 2 rings (SSSR count). The molecule has 0 spiro atoms. The first kappa shape index (κ1) is 15.0. The van der Waals surface area contributed by atoms with Gasteiger partial charge >= 0.3 is 0 Å². The molecule has 2 aromatic rings. The number of carbonyl (C=O) groups excluding carboxylic acids is 1. The number of hydrogen-bond acceptors (Lipinski definition) is 6. The Morgan fingerprint density at radius 1 is 1.40 bits per heavy atom. The Kier molecular flexibility index (Phi) is 4.74. The Morgan fingerprint density at radius 2 is 2.15 bits per heavy atom. The molecule has 3 N–H and O–H groups in total. The molecule has 0 aliphatic heterocycles. The maximum atomic E-state index is 11.6. The van der Waals surface area contributed by atoms with Gasteiger partial charge in [-0.3, -0.25) is 4.79 Å². The summed E-state index contributed by atoms with van der Waals surface area (Å²) >= 11 is 3.13. The minimum Gasteiger partial charge on any atom is -0.325 e.